The minimum Gasteiger partial charge on any atom is -0.491 e. The highest BCUT2D eigenvalue weighted by atomic mass is 16.5. The number of nitriles is 1. The average Bonchev–Trinajstić information content (AvgIpc) is 2.29. The molecule has 0 aliphatic heterocycles. The number of nitrogens with zero attached hydrogens (tertiary/aromatic N) is 2. The topological polar surface area (TPSA) is 55.1 Å². The maximum Gasteiger partial charge on any atom is 0.144 e. The normalized spacial score (nSPS) is 9.60. The zero-order valence-electron chi connectivity index (χ0n) is 8.77. The molecule has 0 N–H and O–H groups in total. The number of pyridine rings is 1. The molecule has 0 fully saturated rings. The quantitative estimate of drug-likeness (QED) is 0.665. The smallest absolute Gasteiger partial charge is 0.144 e. The Labute approximate surface area is 89.5 Å². The fourth-order valence-electron chi connectivity index (χ4n) is 1.03. The van der Waals surface area contributed by atoms with E-state index in [1.807, 2.05) is 6.07 Å². The van der Waals surface area contributed by atoms with Crippen LogP contribution in [0.5, 0.6) is 5.75 Å². The third kappa shape index (κ3) is 4.43. The molecule has 1 aromatic rings. The Morgan fingerprint density at radius 3 is 3.00 bits per heavy atom. The van der Waals surface area contributed by atoms with Crippen molar-refractivity contribution in [2.45, 2.75) is 13.3 Å². The zero-order chi connectivity index (χ0) is 10.9. The van der Waals surface area contributed by atoms with Crippen molar-refractivity contribution in [1.82, 2.24) is 4.98 Å². The fourth-order valence-corrected chi connectivity index (χ4v) is 1.03. The fraction of sp³-hybridized carbons (Fsp3) is 0.455. The van der Waals surface area contributed by atoms with Crippen molar-refractivity contribution in [3.05, 3.63) is 24.0 Å². The molecule has 0 saturated carbocycles. The lowest BCUT2D eigenvalue weighted by molar-refractivity contribution is 0.101. The molecule has 1 aromatic heterocycles. The van der Waals surface area contributed by atoms with Gasteiger partial charge in [-0.1, -0.05) is 6.92 Å². The van der Waals surface area contributed by atoms with Gasteiger partial charge in [-0.3, -0.25) is 0 Å². The molecule has 0 bridgehead atoms. The Bertz CT molecular complexity index is 334. The van der Waals surface area contributed by atoms with Crippen LogP contribution in [0.25, 0.3) is 0 Å². The molecule has 15 heavy (non-hydrogen) atoms. The summed E-state index contributed by atoms with van der Waals surface area (Å²) in [5.74, 6) is 0.654. The van der Waals surface area contributed by atoms with Gasteiger partial charge in [0.05, 0.1) is 6.61 Å². The van der Waals surface area contributed by atoms with Gasteiger partial charge in [0.2, 0.25) is 0 Å². The molecular weight excluding hydrogens is 192 g/mol. The minimum atomic E-state index is 0.363. The molecule has 0 aromatic carbocycles. The van der Waals surface area contributed by atoms with Gasteiger partial charge in [-0.2, -0.15) is 5.26 Å². The Kier molecular flexibility index (Phi) is 5.20. The molecule has 0 saturated heterocycles. The third-order valence-electron chi connectivity index (χ3n) is 1.69. The second-order valence-corrected chi connectivity index (χ2v) is 2.95. The second kappa shape index (κ2) is 6.80. The van der Waals surface area contributed by atoms with Crippen molar-refractivity contribution in [2.75, 3.05) is 19.8 Å². The first-order valence-corrected chi connectivity index (χ1v) is 4.93. The lowest BCUT2D eigenvalue weighted by atomic mass is 10.3. The van der Waals surface area contributed by atoms with Crippen molar-refractivity contribution in [3.63, 3.8) is 0 Å². The molecule has 0 unspecified atom stereocenters. The summed E-state index contributed by atoms with van der Waals surface area (Å²) in [6.45, 7) is 3.87. The summed E-state index contributed by atoms with van der Waals surface area (Å²) in [6, 6.07) is 5.29. The first kappa shape index (κ1) is 11.5. The van der Waals surface area contributed by atoms with Crippen molar-refractivity contribution in [3.8, 4) is 11.8 Å². The first-order valence-electron chi connectivity index (χ1n) is 4.93. The summed E-state index contributed by atoms with van der Waals surface area (Å²) in [4.78, 5) is 3.84. The first-order chi connectivity index (χ1) is 7.36. The highest BCUT2D eigenvalue weighted by Crippen LogP contribution is 2.09. The van der Waals surface area contributed by atoms with Crippen LogP contribution in [-0.2, 0) is 4.74 Å². The van der Waals surface area contributed by atoms with Crippen LogP contribution in [-0.4, -0.2) is 24.8 Å². The number of rotatable bonds is 6. The predicted molar refractivity (Wildman–Crippen MR) is 55.6 cm³/mol. The molecule has 4 heteroatoms. The van der Waals surface area contributed by atoms with Gasteiger partial charge in [0.25, 0.3) is 0 Å². The van der Waals surface area contributed by atoms with Crippen molar-refractivity contribution in [1.29, 1.82) is 5.26 Å². The molecular formula is C11H14N2O2. The maximum absolute atomic E-state index is 8.61. The third-order valence-corrected chi connectivity index (χ3v) is 1.69. The summed E-state index contributed by atoms with van der Waals surface area (Å²) in [5.41, 5.74) is 0.363. The highest BCUT2D eigenvalue weighted by molar-refractivity contribution is 5.29. The van der Waals surface area contributed by atoms with E-state index in [4.69, 9.17) is 14.7 Å². The Balaban J connectivity index is 2.28. The van der Waals surface area contributed by atoms with Crippen LogP contribution >= 0.6 is 0 Å². The summed E-state index contributed by atoms with van der Waals surface area (Å²) >= 11 is 0. The summed E-state index contributed by atoms with van der Waals surface area (Å²) in [6.07, 6.45) is 2.56. The largest absolute Gasteiger partial charge is 0.491 e. The molecule has 4 nitrogen and oxygen atoms in total. The lowest BCUT2D eigenvalue weighted by Crippen LogP contribution is -2.07. The Morgan fingerprint density at radius 1 is 1.40 bits per heavy atom. The SMILES string of the molecule is CCCOCCOc1ccnc(C#N)c1. The molecule has 0 atom stereocenters. The van der Waals surface area contributed by atoms with Gasteiger partial charge < -0.3 is 9.47 Å². The van der Waals surface area contributed by atoms with E-state index < -0.39 is 0 Å². The van der Waals surface area contributed by atoms with Gasteiger partial charge >= 0.3 is 0 Å². The van der Waals surface area contributed by atoms with E-state index in [9.17, 15) is 0 Å². The van der Waals surface area contributed by atoms with Crippen LogP contribution in [0.3, 0.4) is 0 Å². The average molecular weight is 206 g/mol. The second-order valence-electron chi connectivity index (χ2n) is 2.95. The molecule has 80 valence electrons. The lowest BCUT2D eigenvalue weighted by Gasteiger charge is -2.06. The molecule has 1 heterocycles. The van der Waals surface area contributed by atoms with E-state index in [2.05, 4.69) is 11.9 Å². The van der Waals surface area contributed by atoms with E-state index in [0.717, 1.165) is 13.0 Å². The van der Waals surface area contributed by atoms with Gasteiger partial charge in [0.1, 0.15) is 24.1 Å². The van der Waals surface area contributed by atoms with E-state index in [1.165, 1.54) is 0 Å². The molecule has 0 radical (unpaired) electrons. The molecule has 0 spiro atoms. The van der Waals surface area contributed by atoms with Crippen molar-refractivity contribution in [2.24, 2.45) is 0 Å². The van der Waals surface area contributed by atoms with Gasteiger partial charge in [0, 0.05) is 18.9 Å². The van der Waals surface area contributed by atoms with Crippen LogP contribution < -0.4 is 4.74 Å². The number of hydrogen-bond donors (Lipinski definition) is 0. The van der Waals surface area contributed by atoms with E-state index >= 15 is 0 Å². The highest BCUT2D eigenvalue weighted by Gasteiger charge is 1.96. The van der Waals surface area contributed by atoms with E-state index in [1.54, 1.807) is 18.3 Å². The zero-order valence-corrected chi connectivity index (χ0v) is 8.77. The van der Waals surface area contributed by atoms with Gasteiger partial charge in [-0.25, -0.2) is 4.98 Å². The molecule has 0 amide bonds. The summed E-state index contributed by atoms with van der Waals surface area (Å²) in [7, 11) is 0. The van der Waals surface area contributed by atoms with E-state index in [-0.39, 0.29) is 0 Å². The van der Waals surface area contributed by atoms with Gasteiger partial charge in [-0.05, 0) is 12.5 Å². The maximum atomic E-state index is 8.61. The molecule has 0 aliphatic carbocycles. The van der Waals surface area contributed by atoms with Crippen LogP contribution in [0.15, 0.2) is 18.3 Å². The monoisotopic (exact) mass is 206 g/mol. The van der Waals surface area contributed by atoms with Crippen molar-refractivity contribution < 1.29 is 9.47 Å². The number of ether oxygens (including phenoxy) is 2. The van der Waals surface area contributed by atoms with Crippen molar-refractivity contribution >= 4 is 0 Å². The van der Waals surface area contributed by atoms with Gasteiger partial charge in [-0.15, -0.1) is 0 Å². The van der Waals surface area contributed by atoms with Crippen LogP contribution in [0, 0.1) is 11.3 Å². The summed E-state index contributed by atoms with van der Waals surface area (Å²) in [5, 5.41) is 8.61. The van der Waals surface area contributed by atoms with Crippen LogP contribution in [0.2, 0.25) is 0 Å². The van der Waals surface area contributed by atoms with E-state index in [0.29, 0.717) is 24.7 Å². The minimum absolute atomic E-state index is 0.363. The number of aromatic nitrogens is 1. The van der Waals surface area contributed by atoms with Gasteiger partial charge in [0.15, 0.2) is 0 Å². The Morgan fingerprint density at radius 2 is 2.27 bits per heavy atom. The van der Waals surface area contributed by atoms with Crippen LogP contribution in [0.1, 0.15) is 19.0 Å². The number of hydrogen-bond acceptors (Lipinski definition) is 4. The molecule has 1 rings (SSSR count). The van der Waals surface area contributed by atoms with Crippen LogP contribution in [0.4, 0.5) is 0 Å². The predicted octanol–water partition coefficient (Wildman–Crippen LogP) is 1.76. The molecule has 0 aliphatic rings. The summed E-state index contributed by atoms with van der Waals surface area (Å²) < 4.78 is 10.6. The standard InChI is InChI=1S/C11H14N2O2/c1-2-5-14-6-7-15-11-3-4-13-10(8-11)9-12/h3-4,8H,2,5-7H2,1H3. The Hall–Kier alpha value is -1.60.